The summed E-state index contributed by atoms with van der Waals surface area (Å²) in [4.78, 5) is 41.2. The van der Waals surface area contributed by atoms with Crippen molar-refractivity contribution in [3.8, 4) is 17.1 Å². The highest BCUT2D eigenvalue weighted by Gasteiger charge is 2.31. The molecule has 0 unspecified atom stereocenters. The summed E-state index contributed by atoms with van der Waals surface area (Å²) >= 11 is 5.86. The summed E-state index contributed by atoms with van der Waals surface area (Å²) in [7, 11) is 0. The molecule has 1 aromatic heterocycles. The smallest absolute Gasteiger partial charge is 0.416 e. The molecule has 0 radical (unpaired) electrons. The number of amides is 1. The lowest BCUT2D eigenvalue weighted by Gasteiger charge is -2.12. The lowest BCUT2D eigenvalue weighted by molar-refractivity contribution is -0.384. The van der Waals surface area contributed by atoms with Crippen molar-refractivity contribution in [2.24, 2.45) is 5.10 Å². The van der Waals surface area contributed by atoms with Crippen molar-refractivity contribution in [3.63, 3.8) is 0 Å². The molecule has 1 amide bonds. The second-order valence-electron chi connectivity index (χ2n) is 9.22. The Kier molecular flexibility index (Phi) is 8.40. The van der Waals surface area contributed by atoms with Gasteiger partial charge in [-0.3, -0.25) is 19.7 Å². The Labute approximate surface area is 251 Å². The lowest BCUT2D eigenvalue weighted by Crippen LogP contribution is -2.21. The van der Waals surface area contributed by atoms with Gasteiger partial charge in [0.15, 0.2) is 12.4 Å². The first-order valence-corrected chi connectivity index (χ1v) is 13.1. The molecule has 0 saturated heterocycles. The highest BCUT2D eigenvalue weighted by molar-refractivity contribution is 6.30. The number of ether oxygens (including phenoxy) is 1. The van der Waals surface area contributed by atoms with Gasteiger partial charge in [-0.25, -0.2) is 4.98 Å². The fourth-order valence-electron chi connectivity index (χ4n) is 4.13. The third-order valence-electron chi connectivity index (χ3n) is 6.21. The first kappa shape index (κ1) is 29.9. The molecule has 222 valence electrons. The minimum Gasteiger partial charge on any atom is -0.483 e. The van der Waals surface area contributed by atoms with Crippen molar-refractivity contribution in [2.75, 3.05) is 11.9 Å². The highest BCUT2D eigenvalue weighted by atomic mass is 35.5. The molecule has 1 N–H and O–H groups in total. The number of carbonyl (C=O) groups excluding carboxylic acids is 1. The van der Waals surface area contributed by atoms with E-state index in [9.17, 15) is 32.9 Å². The van der Waals surface area contributed by atoms with Gasteiger partial charge in [-0.2, -0.15) is 22.9 Å². The van der Waals surface area contributed by atoms with Gasteiger partial charge in [-0.1, -0.05) is 35.9 Å². The van der Waals surface area contributed by atoms with Crippen LogP contribution in [0.15, 0.2) is 101 Å². The van der Waals surface area contributed by atoms with E-state index in [-0.39, 0.29) is 39.3 Å². The summed E-state index contributed by atoms with van der Waals surface area (Å²) in [6.07, 6.45) is -3.59. The maximum absolute atomic E-state index is 13.5. The minimum atomic E-state index is -4.66. The van der Waals surface area contributed by atoms with Crippen LogP contribution in [0.2, 0.25) is 5.02 Å². The summed E-state index contributed by atoms with van der Waals surface area (Å²) in [6.45, 7) is -0.492. The summed E-state index contributed by atoms with van der Waals surface area (Å²) in [5.74, 6) is -0.741. The summed E-state index contributed by atoms with van der Waals surface area (Å²) in [5.41, 5.74) is -1.36. The molecule has 5 rings (SSSR count). The van der Waals surface area contributed by atoms with Crippen molar-refractivity contribution in [3.05, 3.63) is 128 Å². The van der Waals surface area contributed by atoms with Crippen molar-refractivity contribution >= 4 is 46.0 Å². The van der Waals surface area contributed by atoms with Gasteiger partial charge in [0, 0.05) is 34.0 Å². The molecule has 0 aliphatic heterocycles. The number of nitrogens with zero attached hydrogens (tertiary/aromatic N) is 4. The number of nitro benzene ring substituents is 1. The third-order valence-corrected chi connectivity index (χ3v) is 6.46. The zero-order valence-electron chi connectivity index (χ0n) is 22.3. The van der Waals surface area contributed by atoms with Gasteiger partial charge in [0.1, 0.15) is 5.75 Å². The summed E-state index contributed by atoms with van der Waals surface area (Å²) in [6, 6.07) is 20.3. The van der Waals surface area contributed by atoms with E-state index >= 15 is 0 Å². The standard InChI is InChI=1S/C30H19ClF3N5O5/c31-21-8-10-22(11-9-21)36-27(40)17-44-26-13-12-23(39(42)43)15-19(26)16-35-38-28(18-4-3-5-20(14-18)30(32,33)34)37-25-7-2-1-6-24(25)29(38)41/h1-16H,17H2,(H,36,40). The number of non-ortho nitro benzene ring substituents is 1. The molecule has 0 aliphatic carbocycles. The Bertz CT molecular complexity index is 1980. The van der Waals surface area contributed by atoms with Gasteiger partial charge in [-0.15, -0.1) is 0 Å². The second kappa shape index (κ2) is 12.4. The molecule has 4 aromatic carbocycles. The molecule has 0 fully saturated rings. The Morgan fingerprint density at radius 2 is 1.80 bits per heavy atom. The number of carbonyl (C=O) groups is 1. The van der Waals surface area contributed by atoms with E-state index in [1.54, 1.807) is 36.4 Å². The van der Waals surface area contributed by atoms with Crippen molar-refractivity contribution in [1.29, 1.82) is 0 Å². The van der Waals surface area contributed by atoms with Crippen molar-refractivity contribution in [1.82, 2.24) is 9.66 Å². The predicted octanol–water partition coefficient (Wildman–Crippen LogP) is 6.54. The quantitative estimate of drug-likeness (QED) is 0.119. The average molecular weight is 622 g/mol. The Balaban J connectivity index is 1.54. The number of alkyl halides is 3. The van der Waals surface area contributed by atoms with Crippen molar-refractivity contribution < 1.29 is 27.6 Å². The number of para-hydroxylation sites is 1. The molecule has 0 atom stereocenters. The van der Waals surface area contributed by atoms with Crippen LogP contribution in [0, 0.1) is 10.1 Å². The monoisotopic (exact) mass is 621 g/mol. The second-order valence-corrected chi connectivity index (χ2v) is 9.65. The lowest BCUT2D eigenvalue weighted by atomic mass is 10.1. The number of benzene rings is 4. The number of hydrogen-bond donors (Lipinski definition) is 1. The third kappa shape index (κ3) is 6.73. The van der Waals surface area contributed by atoms with E-state index in [1.807, 2.05) is 0 Å². The Hall–Kier alpha value is -5.56. The van der Waals surface area contributed by atoms with E-state index in [1.165, 1.54) is 30.3 Å². The van der Waals surface area contributed by atoms with Crippen LogP contribution in [0.5, 0.6) is 5.75 Å². The van der Waals surface area contributed by atoms with Crippen LogP contribution in [0.3, 0.4) is 0 Å². The highest BCUT2D eigenvalue weighted by Crippen LogP contribution is 2.32. The predicted molar refractivity (Wildman–Crippen MR) is 158 cm³/mol. The number of aromatic nitrogens is 2. The van der Waals surface area contributed by atoms with E-state index in [2.05, 4.69) is 15.4 Å². The molecule has 5 aromatic rings. The number of halogens is 4. The maximum Gasteiger partial charge on any atom is 0.416 e. The molecule has 44 heavy (non-hydrogen) atoms. The molecule has 0 saturated carbocycles. The number of nitrogens with one attached hydrogen (secondary N) is 1. The average Bonchev–Trinajstić information content (AvgIpc) is 3.00. The molecule has 0 aliphatic rings. The van der Waals surface area contributed by atoms with Crippen LogP contribution in [0.25, 0.3) is 22.3 Å². The summed E-state index contributed by atoms with van der Waals surface area (Å²) < 4.78 is 46.8. The molecule has 14 heteroatoms. The van der Waals surface area contributed by atoms with E-state index < -0.39 is 34.7 Å². The number of fused-ring (bicyclic) bond motifs is 1. The van der Waals surface area contributed by atoms with E-state index in [0.717, 1.165) is 35.2 Å². The van der Waals surface area contributed by atoms with Gasteiger partial charge < -0.3 is 10.1 Å². The molecule has 0 spiro atoms. The zero-order valence-corrected chi connectivity index (χ0v) is 23.0. The zero-order chi connectivity index (χ0) is 31.4. The maximum atomic E-state index is 13.5. The normalized spacial score (nSPS) is 11.5. The molecule has 0 bridgehead atoms. The van der Waals surface area contributed by atoms with Crippen molar-refractivity contribution in [2.45, 2.75) is 6.18 Å². The van der Waals surface area contributed by atoms with Crippen LogP contribution in [0.4, 0.5) is 24.5 Å². The number of rotatable bonds is 8. The van der Waals surface area contributed by atoms with Crippen LogP contribution in [-0.4, -0.2) is 33.3 Å². The van der Waals surface area contributed by atoms with Gasteiger partial charge in [0.05, 0.1) is 27.6 Å². The van der Waals surface area contributed by atoms with Gasteiger partial charge in [0.25, 0.3) is 17.2 Å². The van der Waals surface area contributed by atoms with E-state index in [4.69, 9.17) is 16.3 Å². The van der Waals surface area contributed by atoms with Gasteiger partial charge in [-0.05, 0) is 54.6 Å². The minimum absolute atomic E-state index is 0.00743. The van der Waals surface area contributed by atoms with Crippen LogP contribution < -0.4 is 15.6 Å². The van der Waals surface area contributed by atoms with Gasteiger partial charge in [0.2, 0.25) is 0 Å². The first-order valence-electron chi connectivity index (χ1n) is 12.7. The first-order chi connectivity index (χ1) is 21.0. The Morgan fingerprint density at radius 1 is 1.05 bits per heavy atom. The molecule has 1 heterocycles. The fourth-order valence-corrected chi connectivity index (χ4v) is 4.25. The fraction of sp³-hybridized carbons (Fsp3) is 0.0667. The van der Waals surface area contributed by atoms with E-state index in [0.29, 0.717) is 10.7 Å². The van der Waals surface area contributed by atoms with Crippen LogP contribution >= 0.6 is 11.6 Å². The molecular formula is C30H19ClF3N5O5. The SMILES string of the molecule is O=C(COc1ccc([N+](=O)[O-])cc1C=Nn1c(-c2cccc(C(F)(F)F)c2)nc2ccccc2c1=O)Nc1ccc(Cl)cc1. The summed E-state index contributed by atoms with van der Waals surface area (Å²) in [5, 5.41) is 18.9. The topological polar surface area (TPSA) is 129 Å². The number of hydrogen-bond acceptors (Lipinski definition) is 7. The van der Waals surface area contributed by atoms with Crippen LogP contribution in [0.1, 0.15) is 11.1 Å². The van der Waals surface area contributed by atoms with Gasteiger partial charge >= 0.3 is 6.18 Å². The van der Waals surface area contributed by atoms with Crippen LogP contribution in [-0.2, 0) is 11.0 Å². The number of nitro groups is 1. The Morgan fingerprint density at radius 3 is 2.52 bits per heavy atom. The molecule has 10 nitrogen and oxygen atoms in total. The molecular weight excluding hydrogens is 603 g/mol. The largest absolute Gasteiger partial charge is 0.483 e. The number of anilines is 1.